The van der Waals surface area contributed by atoms with Gasteiger partial charge in [0.05, 0.1) is 18.7 Å². The van der Waals surface area contributed by atoms with E-state index < -0.39 is 7.80 Å². The SMILES string of the molecule is [B-]P(Cc1cn(CSc2ccccc2)nn1)c1ccccc1OC. The van der Waals surface area contributed by atoms with Crippen LogP contribution in [0.15, 0.2) is 65.7 Å². The molecule has 0 fully saturated rings. The molecule has 0 aliphatic heterocycles. The summed E-state index contributed by atoms with van der Waals surface area (Å²) in [7, 11) is 7.18. The monoisotopic (exact) mass is 353 g/mol. The van der Waals surface area contributed by atoms with E-state index in [-0.39, 0.29) is 0 Å². The lowest BCUT2D eigenvalue weighted by Crippen LogP contribution is -2.06. The smallest absolute Gasteiger partial charge is 0.122 e. The zero-order chi connectivity index (χ0) is 16.8. The van der Waals surface area contributed by atoms with Crippen molar-refractivity contribution in [1.82, 2.24) is 15.0 Å². The average Bonchev–Trinajstić information content (AvgIpc) is 3.08. The first-order valence-electron chi connectivity index (χ1n) is 7.48. The molecule has 1 aromatic heterocycles. The number of nitrogens with zero attached hydrogens (tertiary/aromatic N) is 3. The van der Waals surface area contributed by atoms with Gasteiger partial charge in [0.2, 0.25) is 0 Å². The molecule has 0 saturated carbocycles. The Hall–Kier alpha value is -1.78. The van der Waals surface area contributed by atoms with Crippen LogP contribution >= 0.6 is 19.6 Å². The van der Waals surface area contributed by atoms with Crippen molar-refractivity contribution in [3.63, 3.8) is 0 Å². The third-order valence-electron chi connectivity index (χ3n) is 3.42. The minimum atomic E-state index is -0.866. The molecule has 3 radical (unpaired) electrons. The highest BCUT2D eigenvalue weighted by Gasteiger charge is 2.06. The lowest BCUT2D eigenvalue weighted by Gasteiger charge is -2.27. The van der Waals surface area contributed by atoms with Crippen molar-refractivity contribution in [3.8, 4) is 5.75 Å². The van der Waals surface area contributed by atoms with Gasteiger partial charge in [0.1, 0.15) is 5.75 Å². The maximum Gasteiger partial charge on any atom is 0.122 e. The summed E-state index contributed by atoms with van der Waals surface area (Å²) in [4.78, 5) is 1.21. The first-order valence-corrected chi connectivity index (χ1v) is 10.1. The van der Waals surface area contributed by atoms with Crippen molar-refractivity contribution < 1.29 is 4.74 Å². The van der Waals surface area contributed by atoms with Crippen LogP contribution in [0.4, 0.5) is 0 Å². The number of methoxy groups -OCH3 is 1. The van der Waals surface area contributed by atoms with Gasteiger partial charge in [-0.15, -0.1) is 16.9 Å². The van der Waals surface area contributed by atoms with Crippen molar-refractivity contribution in [2.75, 3.05) is 7.11 Å². The van der Waals surface area contributed by atoms with Crippen LogP contribution in [-0.2, 0) is 12.0 Å². The molecule has 0 bridgehead atoms. The van der Waals surface area contributed by atoms with E-state index in [9.17, 15) is 0 Å². The van der Waals surface area contributed by atoms with E-state index in [2.05, 4.69) is 22.4 Å². The second-order valence-corrected chi connectivity index (χ2v) is 7.89. The third kappa shape index (κ3) is 4.40. The van der Waals surface area contributed by atoms with Crippen LogP contribution in [0.3, 0.4) is 0 Å². The topological polar surface area (TPSA) is 39.9 Å². The standard InChI is InChI=1S/C17H17BN3OPS/c1-22-16-9-5-6-10-17(16)23(18)12-14-11-21(20-19-14)13-24-15-7-3-2-4-8-15/h2-11H,12-13H2,1H3/q-1. The molecule has 1 atom stereocenters. The van der Waals surface area contributed by atoms with E-state index >= 15 is 0 Å². The lowest BCUT2D eigenvalue weighted by molar-refractivity contribution is 0.418. The maximum atomic E-state index is 6.38. The number of ether oxygens (including phenoxy) is 1. The fourth-order valence-corrected chi connectivity index (χ4v) is 4.41. The Labute approximate surface area is 148 Å². The predicted octanol–water partition coefficient (Wildman–Crippen LogP) is 3.43. The van der Waals surface area contributed by atoms with Crippen LogP contribution < -0.4 is 10.0 Å². The Bertz CT molecular complexity index is 784. The van der Waals surface area contributed by atoms with Gasteiger partial charge in [0.25, 0.3) is 0 Å². The summed E-state index contributed by atoms with van der Waals surface area (Å²) in [5, 5.41) is 9.48. The highest BCUT2D eigenvalue weighted by molar-refractivity contribution is 7.98. The van der Waals surface area contributed by atoms with Crippen molar-refractivity contribution in [2.45, 2.75) is 16.9 Å². The van der Waals surface area contributed by atoms with Crippen LogP contribution in [0.5, 0.6) is 5.75 Å². The molecule has 2 aromatic carbocycles. The van der Waals surface area contributed by atoms with Crippen LogP contribution in [-0.4, -0.2) is 29.7 Å². The molecule has 121 valence electrons. The summed E-state index contributed by atoms with van der Waals surface area (Å²) in [5.41, 5.74) is 0.906. The lowest BCUT2D eigenvalue weighted by atomic mass is 10.3. The molecule has 24 heavy (non-hydrogen) atoms. The highest BCUT2D eigenvalue weighted by Crippen LogP contribution is 2.36. The van der Waals surface area contributed by atoms with Gasteiger partial charge in [-0.3, -0.25) is 0 Å². The highest BCUT2D eigenvalue weighted by atomic mass is 32.2. The molecule has 1 unspecified atom stereocenters. The summed E-state index contributed by atoms with van der Waals surface area (Å²) in [6.07, 6.45) is 2.65. The van der Waals surface area contributed by atoms with Gasteiger partial charge in [0.15, 0.2) is 0 Å². The van der Waals surface area contributed by atoms with Crippen LogP contribution in [0, 0.1) is 0 Å². The number of thioether (sulfide) groups is 1. The summed E-state index contributed by atoms with van der Waals surface area (Å²) in [6.45, 7) is 0. The molecule has 4 nitrogen and oxygen atoms in total. The Kier molecular flexibility index (Phi) is 5.94. The molecule has 7 heteroatoms. The van der Waals surface area contributed by atoms with Crippen LogP contribution in [0.1, 0.15) is 5.69 Å². The van der Waals surface area contributed by atoms with Gasteiger partial charge in [-0.2, -0.15) is 0 Å². The summed E-state index contributed by atoms with van der Waals surface area (Å²) in [6, 6.07) is 18.1. The Morgan fingerprint density at radius 1 is 1.12 bits per heavy atom. The molecular formula is C17H17BN3OPS-. The molecule has 0 aliphatic rings. The zero-order valence-electron chi connectivity index (χ0n) is 13.4. The summed E-state index contributed by atoms with van der Waals surface area (Å²) in [5.74, 6) is 1.56. The molecule has 0 spiro atoms. The van der Waals surface area contributed by atoms with Crippen molar-refractivity contribution >= 4 is 32.4 Å². The van der Waals surface area contributed by atoms with Crippen molar-refractivity contribution in [2.24, 2.45) is 0 Å². The van der Waals surface area contributed by atoms with E-state index in [4.69, 9.17) is 12.3 Å². The Morgan fingerprint density at radius 3 is 2.67 bits per heavy atom. The fourth-order valence-electron chi connectivity index (χ4n) is 2.26. The first kappa shape index (κ1) is 17.1. The molecule has 3 aromatic rings. The van der Waals surface area contributed by atoms with Gasteiger partial charge in [0, 0.05) is 11.1 Å². The van der Waals surface area contributed by atoms with Gasteiger partial charge < -0.3 is 20.1 Å². The minimum Gasteiger partial charge on any atom is -0.572 e. The summed E-state index contributed by atoms with van der Waals surface area (Å²) >= 11 is 1.72. The molecule has 0 saturated heterocycles. The Balaban J connectivity index is 1.61. The van der Waals surface area contributed by atoms with E-state index in [1.54, 1.807) is 18.9 Å². The third-order valence-corrected chi connectivity index (χ3v) is 6.07. The van der Waals surface area contributed by atoms with Gasteiger partial charge >= 0.3 is 0 Å². The molecule has 0 amide bonds. The quantitative estimate of drug-likeness (QED) is 0.371. The number of hydrogen-bond donors (Lipinski definition) is 0. The van der Waals surface area contributed by atoms with E-state index in [1.165, 1.54) is 4.90 Å². The van der Waals surface area contributed by atoms with E-state index in [1.807, 2.05) is 53.3 Å². The number of benzene rings is 2. The normalized spacial score (nSPS) is 12.1. The largest absolute Gasteiger partial charge is 0.572 e. The number of para-hydroxylation sites is 1. The van der Waals surface area contributed by atoms with Gasteiger partial charge in [-0.1, -0.05) is 41.6 Å². The van der Waals surface area contributed by atoms with E-state index in [0.29, 0.717) is 6.16 Å². The molecule has 1 heterocycles. The number of hydrogen-bond acceptors (Lipinski definition) is 4. The average molecular weight is 353 g/mol. The van der Waals surface area contributed by atoms with Gasteiger partial charge in [-0.05, 0) is 29.7 Å². The second kappa shape index (κ2) is 8.36. The minimum absolute atomic E-state index is 0.686. The zero-order valence-corrected chi connectivity index (χ0v) is 15.1. The first-order chi connectivity index (χ1) is 11.8. The molecule has 0 N–H and O–H groups in total. The number of aromatic nitrogens is 3. The van der Waals surface area contributed by atoms with Crippen molar-refractivity contribution in [3.05, 3.63) is 66.5 Å². The second-order valence-electron chi connectivity index (χ2n) is 5.14. The number of rotatable bonds is 7. The predicted molar refractivity (Wildman–Crippen MR) is 101 cm³/mol. The van der Waals surface area contributed by atoms with E-state index in [0.717, 1.165) is 22.6 Å². The summed E-state index contributed by atoms with van der Waals surface area (Å²) < 4.78 is 7.23. The molecule has 3 rings (SSSR count). The maximum absolute atomic E-state index is 6.38. The Morgan fingerprint density at radius 2 is 1.88 bits per heavy atom. The molecule has 0 aliphatic carbocycles. The fraction of sp³-hybridized carbons (Fsp3) is 0.176. The van der Waals surface area contributed by atoms with Crippen molar-refractivity contribution in [1.29, 1.82) is 0 Å². The van der Waals surface area contributed by atoms with Crippen LogP contribution in [0.2, 0.25) is 0 Å². The molecular weight excluding hydrogens is 336 g/mol. The van der Waals surface area contributed by atoms with Crippen LogP contribution in [0.25, 0.3) is 0 Å². The van der Waals surface area contributed by atoms with Gasteiger partial charge in [-0.25, -0.2) is 4.68 Å².